The first kappa shape index (κ1) is 15.7. The predicted molar refractivity (Wildman–Crippen MR) is 108 cm³/mol. The first-order valence-corrected chi connectivity index (χ1v) is 10.9. The lowest BCUT2D eigenvalue weighted by molar-refractivity contribution is 0.415. The van der Waals surface area contributed by atoms with Crippen molar-refractivity contribution in [3.63, 3.8) is 0 Å². The number of hydrogen-bond acceptors (Lipinski definition) is 1. The summed E-state index contributed by atoms with van der Waals surface area (Å²) >= 11 is 0. The van der Waals surface area contributed by atoms with Gasteiger partial charge < -0.3 is 8.97 Å². The maximum absolute atomic E-state index is 5.39. The molecule has 0 atom stereocenters. The van der Waals surface area contributed by atoms with Gasteiger partial charge in [0, 0.05) is 10.9 Å². The predicted octanol–water partition coefficient (Wildman–Crippen LogP) is 3.89. The molecule has 0 unspecified atom stereocenters. The van der Waals surface area contributed by atoms with Gasteiger partial charge in [-0.05, 0) is 47.4 Å². The van der Waals surface area contributed by atoms with Gasteiger partial charge in [0.25, 0.3) is 0 Å². The van der Waals surface area contributed by atoms with Gasteiger partial charge in [0.15, 0.2) is 0 Å². The lowest BCUT2D eigenvalue weighted by Gasteiger charge is -2.31. The summed E-state index contributed by atoms with van der Waals surface area (Å²) in [6, 6.07) is 30.3. The molecule has 0 radical (unpaired) electrons. The van der Waals surface area contributed by atoms with Crippen LogP contribution in [-0.2, 0) is 0 Å². The third-order valence-electron chi connectivity index (χ3n) is 5.05. The molecule has 4 rings (SSSR count). The van der Waals surface area contributed by atoms with E-state index in [9.17, 15) is 0 Å². The highest BCUT2D eigenvalue weighted by Crippen LogP contribution is 2.24. The van der Waals surface area contributed by atoms with E-state index in [2.05, 4.69) is 95.8 Å². The van der Waals surface area contributed by atoms with Crippen LogP contribution < -0.4 is 15.1 Å². The molecule has 25 heavy (non-hydrogen) atoms. The van der Waals surface area contributed by atoms with Gasteiger partial charge in [-0.25, -0.2) is 0 Å². The summed E-state index contributed by atoms with van der Waals surface area (Å²) in [6.07, 6.45) is 2.23. The van der Waals surface area contributed by atoms with E-state index in [1.165, 1.54) is 21.3 Å². The highest BCUT2D eigenvalue weighted by atomic mass is 28.3. The number of ether oxygens (including phenoxy) is 1. The van der Waals surface area contributed by atoms with Crippen LogP contribution >= 0.6 is 0 Å². The Kier molecular flexibility index (Phi) is 3.94. The number of benzene rings is 3. The second kappa shape index (κ2) is 6.26. The quantitative estimate of drug-likeness (QED) is 0.513. The van der Waals surface area contributed by atoms with E-state index < -0.39 is 8.24 Å². The van der Waals surface area contributed by atoms with Crippen LogP contribution in [0.4, 0.5) is 0 Å². The molecule has 0 aliphatic heterocycles. The van der Waals surface area contributed by atoms with Crippen molar-refractivity contribution in [2.24, 2.45) is 0 Å². The van der Waals surface area contributed by atoms with Crippen molar-refractivity contribution in [3.8, 4) is 5.75 Å². The summed E-state index contributed by atoms with van der Waals surface area (Å²) in [5.41, 5.74) is 1.25. The molecule has 0 fully saturated rings. The summed E-state index contributed by atoms with van der Waals surface area (Å²) in [5, 5.41) is 4.01. The van der Waals surface area contributed by atoms with Crippen LogP contribution in [0.5, 0.6) is 5.75 Å². The molecule has 0 saturated carbocycles. The van der Waals surface area contributed by atoms with Gasteiger partial charge in [0.05, 0.1) is 7.11 Å². The molecule has 0 amide bonds. The van der Waals surface area contributed by atoms with E-state index in [4.69, 9.17) is 4.74 Å². The summed E-state index contributed by atoms with van der Waals surface area (Å²) in [4.78, 5) is 0. The summed E-state index contributed by atoms with van der Waals surface area (Å²) in [5.74, 6) is 0.896. The van der Waals surface area contributed by atoms with Crippen molar-refractivity contribution >= 4 is 29.5 Å². The Morgan fingerprint density at radius 1 is 0.760 bits per heavy atom. The third kappa shape index (κ3) is 2.57. The Hall–Kier alpha value is -2.78. The van der Waals surface area contributed by atoms with Gasteiger partial charge in [0.2, 0.25) is 8.24 Å². The number of methoxy groups -OCH3 is 1. The monoisotopic (exact) mass is 343 g/mol. The zero-order chi connectivity index (χ0) is 17.3. The fraction of sp³-hybridized carbons (Fsp3) is 0.0909. The molecule has 1 aromatic heterocycles. The van der Waals surface area contributed by atoms with Crippen molar-refractivity contribution in [2.75, 3.05) is 7.11 Å². The Balaban J connectivity index is 1.99. The van der Waals surface area contributed by atoms with Crippen molar-refractivity contribution in [1.82, 2.24) is 4.23 Å². The topological polar surface area (TPSA) is 14.2 Å². The van der Waals surface area contributed by atoms with Crippen LogP contribution in [0, 0.1) is 0 Å². The molecule has 0 aliphatic carbocycles. The number of fused-ring (bicyclic) bond motifs is 1. The number of nitrogens with zero attached hydrogens (tertiary/aromatic N) is 1. The highest BCUT2D eigenvalue weighted by molar-refractivity contribution is 7.00. The Morgan fingerprint density at radius 3 is 1.92 bits per heavy atom. The average Bonchev–Trinajstić information content (AvgIpc) is 3.12. The minimum Gasteiger partial charge on any atom is -0.497 e. The second-order valence-corrected chi connectivity index (χ2v) is 10.2. The van der Waals surface area contributed by atoms with Crippen LogP contribution in [0.25, 0.3) is 10.9 Å². The molecule has 1 heterocycles. The maximum atomic E-state index is 5.39. The summed E-state index contributed by atoms with van der Waals surface area (Å²) < 4.78 is 7.88. The molecule has 0 aliphatic rings. The first-order chi connectivity index (χ1) is 12.2. The number of rotatable bonds is 4. The maximum Gasteiger partial charge on any atom is 0.221 e. The molecule has 3 aromatic carbocycles. The fourth-order valence-corrected chi connectivity index (χ4v) is 7.24. The van der Waals surface area contributed by atoms with Gasteiger partial charge in [0.1, 0.15) is 5.75 Å². The molecule has 0 saturated heterocycles. The van der Waals surface area contributed by atoms with Crippen LogP contribution in [0.3, 0.4) is 0 Å². The lowest BCUT2D eigenvalue weighted by Crippen LogP contribution is -2.61. The number of aromatic nitrogens is 1. The molecule has 4 aromatic rings. The third-order valence-corrected chi connectivity index (χ3v) is 9.32. The zero-order valence-electron chi connectivity index (χ0n) is 14.5. The normalized spacial score (nSPS) is 11.6. The Morgan fingerprint density at radius 2 is 1.36 bits per heavy atom. The largest absolute Gasteiger partial charge is 0.497 e. The van der Waals surface area contributed by atoms with Crippen molar-refractivity contribution in [2.45, 2.75) is 6.55 Å². The standard InChI is InChI=1S/C22H21NOSi/c1-24-19-13-14-22-18(17-19)15-16-23(22)25(2,20-9-5-3-6-10-20)21-11-7-4-8-12-21/h3-17H,1-2H3. The lowest BCUT2D eigenvalue weighted by atomic mass is 10.2. The van der Waals surface area contributed by atoms with Crippen molar-refractivity contribution in [3.05, 3.63) is 91.1 Å². The van der Waals surface area contributed by atoms with E-state index in [1.807, 2.05) is 6.07 Å². The molecule has 124 valence electrons. The smallest absolute Gasteiger partial charge is 0.221 e. The Labute approximate surface area is 149 Å². The van der Waals surface area contributed by atoms with Gasteiger partial charge in [-0.2, -0.15) is 0 Å². The van der Waals surface area contributed by atoms with Crippen molar-refractivity contribution < 1.29 is 4.74 Å². The summed E-state index contributed by atoms with van der Waals surface area (Å²) in [6.45, 7) is 2.42. The molecule has 0 spiro atoms. The van der Waals surface area contributed by atoms with Crippen LogP contribution in [0.1, 0.15) is 0 Å². The van der Waals surface area contributed by atoms with Crippen LogP contribution in [-0.4, -0.2) is 19.6 Å². The van der Waals surface area contributed by atoms with E-state index in [0.29, 0.717) is 0 Å². The first-order valence-electron chi connectivity index (χ1n) is 8.50. The van der Waals surface area contributed by atoms with E-state index >= 15 is 0 Å². The molecule has 0 N–H and O–H groups in total. The minimum absolute atomic E-state index is 0.896. The van der Waals surface area contributed by atoms with E-state index in [0.717, 1.165) is 5.75 Å². The number of hydrogen-bond donors (Lipinski definition) is 0. The SMILES string of the molecule is COc1ccc2c(ccn2[Si](C)(c2ccccc2)c2ccccc2)c1. The molecule has 2 nitrogen and oxygen atoms in total. The zero-order valence-corrected chi connectivity index (χ0v) is 15.5. The van der Waals surface area contributed by atoms with Gasteiger partial charge in [-0.15, -0.1) is 0 Å². The second-order valence-electron chi connectivity index (χ2n) is 6.41. The fourth-order valence-electron chi connectivity index (χ4n) is 3.61. The van der Waals surface area contributed by atoms with Gasteiger partial charge in [-0.1, -0.05) is 60.7 Å². The van der Waals surface area contributed by atoms with Gasteiger partial charge in [-0.3, -0.25) is 0 Å². The van der Waals surface area contributed by atoms with Crippen LogP contribution in [0.15, 0.2) is 91.1 Å². The minimum atomic E-state index is -2.14. The van der Waals surface area contributed by atoms with Crippen LogP contribution in [0.2, 0.25) is 6.55 Å². The van der Waals surface area contributed by atoms with Crippen molar-refractivity contribution in [1.29, 1.82) is 0 Å². The van der Waals surface area contributed by atoms with E-state index in [-0.39, 0.29) is 0 Å². The Bertz CT molecular complexity index is 953. The molecular weight excluding hydrogens is 322 g/mol. The summed E-state index contributed by atoms with van der Waals surface area (Å²) in [7, 11) is -0.428. The molecular formula is C22H21NOSi. The molecule has 0 bridgehead atoms. The van der Waals surface area contributed by atoms with Gasteiger partial charge >= 0.3 is 0 Å². The highest BCUT2D eigenvalue weighted by Gasteiger charge is 2.35. The van der Waals surface area contributed by atoms with E-state index in [1.54, 1.807) is 7.11 Å². The average molecular weight is 344 g/mol. The molecule has 3 heteroatoms.